The van der Waals surface area contributed by atoms with Crippen molar-refractivity contribution < 1.29 is 13.2 Å². The smallest absolute Gasteiger partial charge is 0.238 e. The third-order valence-corrected chi connectivity index (χ3v) is 5.83. The fourth-order valence-electron chi connectivity index (χ4n) is 2.51. The second-order valence-electron chi connectivity index (χ2n) is 5.18. The standard InChI is InChI=1S/C14H19BrN2O3S/c1-2-17(13-6-7-21(19,20)10-13)9-14(18)16-12-5-3-4-11(15)8-12/h3-5,8,13H,2,6-7,9-10H2,1H3,(H,16,18). The van der Waals surface area contributed by atoms with Crippen LogP contribution in [0.5, 0.6) is 0 Å². The van der Waals surface area contributed by atoms with Gasteiger partial charge in [0.2, 0.25) is 5.91 Å². The number of rotatable bonds is 5. The van der Waals surface area contributed by atoms with Gasteiger partial charge in [-0.25, -0.2) is 8.42 Å². The number of halogens is 1. The van der Waals surface area contributed by atoms with Gasteiger partial charge in [-0.1, -0.05) is 28.9 Å². The molecular formula is C14H19BrN2O3S. The highest BCUT2D eigenvalue weighted by molar-refractivity contribution is 9.10. The van der Waals surface area contributed by atoms with E-state index in [0.29, 0.717) is 13.0 Å². The lowest BCUT2D eigenvalue weighted by molar-refractivity contribution is -0.117. The van der Waals surface area contributed by atoms with Crippen molar-refractivity contribution in [2.45, 2.75) is 19.4 Å². The Bertz CT molecular complexity index is 618. The van der Waals surface area contributed by atoms with Gasteiger partial charge in [0, 0.05) is 16.2 Å². The molecule has 1 amide bonds. The van der Waals surface area contributed by atoms with E-state index in [9.17, 15) is 13.2 Å². The van der Waals surface area contributed by atoms with Crippen LogP contribution in [-0.4, -0.2) is 49.9 Å². The van der Waals surface area contributed by atoms with Crippen LogP contribution in [0.2, 0.25) is 0 Å². The minimum Gasteiger partial charge on any atom is -0.325 e. The third-order valence-electron chi connectivity index (χ3n) is 3.59. The highest BCUT2D eigenvalue weighted by atomic mass is 79.9. The molecule has 2 rings (SSSR count). The molecule has 1 heterocycles. The molecule has 0 spiro atoms. The van der Waals surface area contributed by atoms with Crippen LogP contribution in [0.4, 0.5) is 5.69 Å². The summed E-state index contributed by atoms with van der Waals surface area (Å²) in [6, 6.07) is 7.33. The zero-order valence-electron chi connectivity index (χ0n) is 11.9. The minimum absolute atomic E-state index is 0.0479. The summed E-state index contributed by atoms with van der Waals surface area (Å²) >= 11 is 3.35. The number of benzene rings is 1. The minimum atomic E-state index is -2.93. The van der Waals surface area contributed by atoms with Crippen molar-refractivity contribution in [1.29, 1.82) is 0 Å². The fraction of sp³-hybridized carbons (Fsp3) is 0.500. The lowest BCUT2D eigenvalue weighted by Gasteiger charge is -2.25. The van der Waals surface area contributed by atoms with Crippen LogP contribution in [0.15, 0.2) is 28.7 Å². The van der Waals surface area contributed by atoms with Gasteiger partial charge < -0.3 is 5.32 Å². The van der Waals surface area contributed by atoms with Gasteiger partial charge in [0.15, 0.2) is 9.84 Å². The first-order valence-electron chi connectivity index (χ1n) is 6.89. The Balaban J connectivity index is 1.94. The van der Waals surface area contributed by atoms with Gasteiger partial charge in [0.25, 0.3) is 0 Å². The van der Waals surface area contributed by atoms with E-state index in [1.807, 2.05) is 36.1 Å². The van der Waals surface area contributed by atoms with Crippen LogP contribution in [-0.2, 0) is 14.6 Å². The maximum Gasteiger partial charge on any atom is 0.238 e. The van der Waals surface area contributed by atoms with Crippen molar-refractivity contribution in [2.75, 3.05) is 29.9 Å². The van der Waals surface area contributed by atoms with E-state index < -0.39 is 9.84 Å². The van der Waals surface area contributed by atoms with Crippen LogP contribution in [0.25, 0.3) is 0 Å². The summed E-state index contributed by atoms with van der Waals surface area (Å²) in [5.74, 6) is 0.256. The zero-order chi connectivity index (χ0) is 15.5. The first kappa shape index (κ1) is 16.5. The monoisotopic (exact) mass is 374 g/mol. The molecule has 7 heteroatoms. The Hall–Kier alpha value is -0.920. The number of sulfone groups is 1. The molecule has 0 radical (unpaired) electrons. The molecule has 0 bridgehead atoms. The molecular weight excluding hydrogens is 356 g/mol. The van der Waals surface area contributed by atoms with E-state index in [1.54, 1.807) is 0 Å². The van der Waals surface area contributed by atoms with E-state index in [4.69, 9.17) is 0 Å². The number of likely N-dealkylation sites (N-methyl/N-ethyl adjacent to an activating group) is 1. The molecule has 0 aromatic heterocycles. The Kier molecular flexibility index (Phi) is 5.40. The van der Waals surface area contributed by atoms with Crippen molar-refractivity contribution in [2.24, 2.45) is 0 Å². The summed E-state index contributed by atoms with van der Waals surface area (Å²) in [6.07, 6.45) is 0.611. The number of amides is 1. The van der Waals surface area contributed by atoms with Crippen LogP contribution in [0.1, 0.15) is 13.3 Å². The van der Waals surface area contributed by atoms with Gasteiger partial charge in [-0.15, -0.1) is 0 Å². The lowest BCUT2D eigenvalue weighted by atomic mass is 10.2. The molecule has 5 nitrogen and oxygen atoms in total. The predicted octanol–water partition coefficient (Wildman–Crippen LogP) is 1.90. The number of nitrogens with one attached hydrogen (secondary N) is 1. The molecule has 21 heavy (non-hydrogen) atoms. The van der Waals surface area contributed by atoms with Gasteiger partial charge in [-0.2, -0.15) is 0 Å². The summed E-state index contributed by atoms with van der Waals surface area (Å²) in [5, 5.41) is 2.83. The van der Waals surface area contributed by atoms with E-state index in [2.05, 4.69) is 21.2 Å². The highest BCUT2D eigenvalue weighted by Crippen LogP contribution is 2.18. The zero-order valence-corrected chi connectivity index (χ0v) is 14.3. The van der Waals surface area contributed by atoms with Crippen LogP contribution < -0.4 is 5.32 Å². The van der Waals surface area contributed by atoms with E-state index in [-0.39, 0.29) is 30.0 Å². The number of carbonyl (C=O) groups is 1. The Morgan fingerprint density at radius 2 is 2.24 bits per heavy atom. The third kappa shape index (κ3) is 4.79. The molecule has 0 aliphatic carbocycles. The summed E-state index contributed by atoms with van der Waals surface area (Å²) < 4.78 is 24.0. The summed E-state index contributed by atoms with van der Waals surface area (Å²) in [5.41, 5.74) is 0.726. The molecule has 1 atom stereocenters. The summed E-state index contributed by atoms with van der Waals surface area (Å²) in [7, 11) is -2.93. The quantitative estimate of drug-likeness (QED) is 0.854. The number of hydrogen-bond acceptors (Lipinski definition) is 4. The molecule has 1 aromatic carbocycles. The number of hydrogen-bond donors (Lipinski definition) is 1. The second-order valence-corrected chi connectivity index (χ2v) is 8.32. The second kappa shape index (κ2) is 6.89. The van der Waals surface area contributed by atoms with Gasteiger partial charge in [-0.05, 0) is 31.2 Å². The van der Waals surface area contributed by atoms with Gasteiger partial charge in [0.1, 0.15) is 0 Å². The Labute approximate surface area is 133 Å². The number of nitrogens with zero attached hydrogens (tertiary/aromatic N) is 1. The first-order valence-corrected chi connectivity index (χ1v) is 9.51. The Morgan fingerprint density at radius 1 is 1.48 bits per heavy atom. The van der Waals surface area contributed by atoms with Gasteiger partial charge in [-0.3, -0.25) is 9.69 Å². The van der Waals surface area contributed by atoms with Crippen LogP contribution in [0.3, 0.4) is 0 Å². The van der Waals surface area contributed by atoms with E-state index >= 15 is 0 Å². The van der Waals surface area contributed by atoms with Crippen molar-refractivity contribution in [3.63, 3.8) is 0 Å². The molecule has 1 unspecified atom stereocenters. The van der Waals surface area contributed by atoms with Crippen molar-refractivity contribution in [1.82, 2.24) is 4.90 Å². The lowest BCUT2D eigenvalue weighted by Crippen LogP contribution is -2.41. The van der Waals surface area contributed by atoms with Crippen LogP contribution in [0, 0.1) is 0 Å². The normalized spacial score (nSPS) is 20.6. The fourth-order valence-corrected chi connectivity index (χ4v) is 4.67. The highest BCUT2D eigenvalue weighted by Gasteiger charge is 2.32. The Morgan fingerprint density at radius 3 is 2.81 bits per heavy atom. The molecule has 1 saturated heterocycles. The number of carbonyl (C=O) groups excluding carboxylic acids is 1. The molecule has 1 N–H and O–H groups in total. The molecule has 1 aromatic rings. The average molecular weight is 375 g/mol. The predicted molar refractivity (Wildman–Crippen MR) is 87.1 cm³/mol. The first-order chi connectivity index (χ1) is 9.89. The largest absolute Gasteiger partial charge is 0.325 e. The van der Waals surface area contributed by atoms with Crippen molar-refractivity contribution >= 4 is 37.4 Å². The van der Waals surface area contributed by atoms with E-state index in [0.717, 1.165) is 10.2 Å². The SMILES string of the molecule is CCN(CC(=O)Nc1cccc(Br)c1)C1CCS(=O)(=O)C1. The molecule has 1 aliphatic heterocycles. The average Bonchev–Trinajstić information content (AvgIpc) is 2.76. The molecule has 116 valence electrons. The molecule has 0 saturated carbocycles. The summed E-state index contributed by atoms with van der Waals surface area (Å²) in [6.45, 7) is 2.81. The van der Waals surface area contributed by atoms with Crippen molar-refractivity contribution in [3.8, 4) is 0 Å². The summed E-state index contributed by atoms with van der Waals surface area (Å²) in [4.78, 5) is 14.0. The maximum absolute atomic E-state index is 12.1. The molecule has 1 fully saturated rings. The van der Waals surface area contributed by atoms with Crippen LogP contribution >= 0.6 is 15.9 Å². The van der Waals surface area contributed by atoms with Crippen molar-refractivity contribution in [3.05, 3.63) is 28.7 Å². The van der Waals surface area contributed by atoms with E-state index in [1.165, 1.54) is 0 Å². The number of anilines is 1. The van der Waals surface area contributed by atoms with Gasteiger partial charge in [0.05, 0.1) is 18.1 Å². The topological polar surface area (TPSA) is 66.5 Å². The molecule has 1 aliphatic rings. The van der Waals surface area contributed by atoms with Gasteiger partial charge >= 0.3 is 0 Å². The maximum atomic E-state index is 12.1.